The Hall–Kier alpha value is -0.480. The van der Waals surface area contributed by atoms with Gasteiger partial charge >= 0.3 is 0 Å². The minimum atomic E-state index is -0.831. The van der Waals surface area contributed by atoms with Crippen LogP contribution >= 0.6 is 15.9 Å². The van der Waals surface area contributed by atoms with Gasteiger partial charge in [0.1, 0.15) is 11.6 Å². The molecule has 0 aromatic heterocycles. The Morgan fingerprint density at radius 1 is 1.25 bits per heavy atom. The highest BCUT2D eigenvalue weighted by Gasteiger charge is 2.37. The van der Waals surface area contributed by atoms with Crippen LogP contribution in [0.3, 0.4) is 0 Å². The highest BCUT2D eigenvalue weighted by atomic mass is 79.9. The number of nitrogens with two attached hydrogens (primary N) is 1. The van der Waals surface area contributed by atoms with Crippen LogP contribution in [0.25, 0.3) is 0 Å². The van der Waals surface area contributed by atoms with Gasteiger partial charge in [-0.05, 0) is 47.3 Å². The fraction of sp³-hybridized carbons (Fsp3) is 0.500. The first-order chi connectivity index (χ1) is 7.46. The summed E-state index contributed by atoms with van der Waals surface area (Å²) in [5.41, 5.74) is 5.77. The highest BCUT2D eigenvalue weighted by Crippen LogP contribution is 2.41. The number of halogens is 3. The van der Waals surface area contributed by atoms with Gasteiger partial charge in [-0.3, -0.25) is 0 Å². The van der Waals surface area contributed by atoms with Crippen molar-refractivity contribution in [1.82, 2.24) is 0 Å². The van der Waals surface area contributed by atoms with Crippen molar-refractivity contribution in [1.29, 1.82) is 0 Å². The monoisotopic (exact) mass is 289 g/mol. The molecule has 1 fully saturated rings. The van der Waals surface area contributed by atoms with Crippen molar-refractivity contribution in [2.24, 2.45) is 5.73 Å². The van der Waals surface area contributed by atoms with E-state index in [1.165, 1.54) is 6.07 Å². The van der Waals surface area contributed by atoms with Crippen LogP contribution in [0.15, 0.2) is 10.5 Å². The molecule has 0 amide bonds. The third-order valence-corrected chi connectivity index (χ3v) is 3.91. The molecule has 0 radical (unpaired) electrons. The SMILES string of the molecule is Cc1cc(Br)c(F)c(C2(N)CCCC2)c1F. The quantitative estimate of drug-likeness (QED) is 0.783. The Morgan fingerprint density at radius 2 is 1.81 bits per heavy atom. The third kappa shape index (κ3) is 1.78. The van der Waals surface area contributed by atoms with Gasteiger partial charge in [-0.1, -0.05) is 12.8 Å². The Labute approximate surface area is 102 Å². The fourth-order valence-electron chi connectivity index (χ4n) is 2.42. The summed E-state index contributed by atoms with van der Waals surface area (Å²) in [5.74, 6) is -1.04. The van der Waals surface area contributed by atoms with E-state index in [4.69, 9.17) is 5.73 Å². The van der Waals surface area contributed by atoms with Crippen molar-refractivity contribution in [3.63, 3.8) is 0 Å². The van der Waals surface area contributed by atoms with Crippen LogP contribution in [0.1, 0.15) is 36.8 Å². The van der Waals surface area contributed by atoms with Gasteiger partial charge in [0.2, 0.25) is 0 Å². The Bertz CT molecular complexity index is 399. The lowest BCUT2D eigenvalue weighted by molar-refractivity contribution is 0.402. The molecule has 0 atom stereocenters. The summed E-state index contributed by atoms with van der Waals surface area (Å²) in [6, 6.07) is 1.45. The normalized spacial score (nSPS) is 19.1. The second-order valence-corrected chi connectivity index (χ2v) is 5.40. The summed E-state index contributed by atoms with van der Waals surface area (Å²) >= 11 is 3.11. The standard InChI is InChI=1S/C12H14BrF2N/c1-7-6-8(13)11(15)9(10(7)14)12(16)4-2-3-5-12/h6H,2-5,16H2,1H3. The van der Waals surface area contributed by atoms with Gasteiger partial charge in [0.25, 0.3) is 0 Å². The minimum Gasteiger partial charge on any atom is -0.321 e. The number of hydrogen-bond donors (Lipinski definition) is 1. The van der Waals surface area contributed by atoms with E-state index in [2.05, 4.69) is 15.9 Å². The molecule has 0 spiro atoms. The lowest BCUT2D eigenvalue weighted by Crippen LogP contribution is -2.35. The van der Waals surface area contributed by atoms with Gasteiger partial charge < -0.3 is 5.73 Å². The number of aryl methyl sites for hydroxylation is 1. The first-order valence-corrected chi connectivity index (χ1v) is 6.18. The van der Waals surface area contributed by atoms with Crippen molar-refractivity contribution in [3.8, 4) is 0 Å². The molecule has 0 aliphatic heterocycles. The smallest absolute Gasteiger partial charge is 0.145 e. The van der Waals surface area contributed by atoms with Gasteiger partial charge in [0, 0.05) is 11.1 Å². The summed E-state index contributed by atoms with van der Waals surface area (Å²) in [6.07, 6.45) is 3.16. The molecule has 1 nitrogen and oxygen atoms in total. The lowest BCUT2D eigenvalue weighted by Gasteiger charge is -2.26. The average Bonchev–Trinajstić information content (AvgIpc) is 2.63. The zero-order valence-corrected chi connectivity index (χ0v) is 10.7. The molecular weight excluding hydrogens is 276 g/mol. The topological polar surface area (TPSA) is 26.0 Å². The van der Waals surface area contributed by atoms with E-state index in [-0.39, 0.29) is 10.0 Å². The third-order valence-electron chi connectivity index (χ3n) is 3.33. The second-order valence-electron chi connectivity index (χ2n) is 4.54. The minimum absolute atomic E-state index is 0.0527. The molecular formula is C12H14BrF2N. The molecule has 1 aromatic carbocycles. The van der Waals surface area contributed by atoms with Crippen molar-refractivity contribution in [3.05, 3.63) is 33.3 Å². The molecule has 1 aromatic rings. The zero-order chi connectivity index (χ0) is 11.9. The maximum Gasteiger partial charge on any atom is 0.145 e. The van der Waals surface area contributed by atoms with Crippen LogP contribution in [0.5, 0.6) is 0 Å². The van der Waals surface area contributed by atoms with Crippen LogP contribution in [0.4, 0.5) is 8.78 Å². The Kier molecular flexibility index (Phi) is 3.05. The van der Waals surface area contributed by atoms with Gasteiger partial charge in [-0.2, -0.15) is 0 Å². The van der Waals surface area contributed by atoms with Gasteiger partial charge in [-0.15, -0.1) is 0 Å². The molecule has 88 valence electrons. The number of benzene rings is 1. The predicted molar refractivity (Wildman–Crippen MR) is 63.1 cm³/mol. The molecule has 1 saturated carbocycles. The molecule has 1 aliphatic rings. The summed E-state index contributed by atoms with van der Waals surface area (Å²) < 4.78 is 28.3. The molecule has 1 aliphatic carbocycles. The van der Waals surface area contributed by atoms with Gasteiger partial charge in [-0.25, -0.2) is 8.78 Å². The van der Waals surface area contributed by atoms with Crippen molar-refractivity contribution < 1.29 is 8.78 Å². The Morgan fingerprint density at radius 3 is 2.38 bits per heavy atom. The molecule has 2 rings (SSSR count). The number of rotatable bonds is 1. The molecule has 4 heteroatoms. The van der Waals surface area contributed by atoms with E-state index in [9.17, 15) is 8.78 Å². The molecule has 0 bridgehead atoms. The predicted octanol–water partition coefficient (Wildman–Crippen LogP) is 3.76. The average molecular weight is 290 g/mol. The van der Waals surface area contributed by atoms with Crippen LogP contribution in [-0.4, -0.2) is 0 Å². The summed E-state index contributed by atoms with van der Waals surface area (Å²) in [4.78, 5) is 0. The van der Waals surface area contributed by atoms with E-state index in [0.29, 0.717) is 18.4 Å². The molecule has 2 N–H and O–H groups in total. The summed E-state index contributed by atoms with van der Waals surface area (Å²) in [5, 5.41) is 0. The number of hydrogen-bond acceptors (Lipinski definition) is 1. The van der Waals surface area contributed by atoms with Crippen LogP contribution in [0.2, 0.25) is 0 Å². The largest absolute Gasteiger partial charge is 0.321 e. The van der Waals surface area contributed by atoms with Crippen molar-refractivity contribution in [2.75, 3.05) is 0 Å². The molecule has 0 heterocycles. The first-order valence-electron chi connectivity index (χ1n) is 5.39. The molecule has 0 saturated heterocycles. The van der Waals surface area contributed by atoms with Crippen LogP contribution < -0.4 is 5.73 Å². The van der Waals surface area contributed by atoms with E-state index >= 15 is 0 Å². The summed E-state index contributed by atoms with van der Waals surface area (Å²) in [6.45, 7) is 1.63. The summed E-state index contributed by atoms with van der Waals surface area (Å²) in [7, 11) is 0. The van der Waals surface area contributed by atoms with Gasteiger partial charge in [0.05, 0.1) is 4.47 Å². The molecule has 16 heavy (non-hydrogen) atoms. The van der Waals surface area contributed by atoms with E-state index in [1.807, 2.05) is 0 Å². The maximum absolute atomic E-state index is 14.0. The fourth-order valence-corrected chi connectivity index (χ4v) is 2.96. The van der Waals surface area contributed by atoms with Crippen LogP contribution in [0, 0.1) is 18.6 Å². The van der Waals surface area contributed by atoms with E-state index < -0.39 is 17.2 Å². The van der Waals surface area contributed by atoms with Crippen molar-refractivity contribution >= 4 is 15.9 Å². The highest BCUT2D eigenvalue weighted by molar-refractivity contribution is 9.10. The van der Waals surface area contributed by atoms with Crippen LogP contribution in [-0.2, 0) is 5.54 Å². The second kappa shape index (κ2) is 4.08. The van der Waals surface area contributed by atoms with Gasteiger partial charge in [0.15, 0.2) is 0 Å². The van der Waals surface area contributed by atoms with Crippen molar-refractivity contribution in [2.45, 2.75) is 38.1 Å². The van der Waals surface area contributed by atoms with E-state index in [1.54, 1.807) is 6.92 Å². The lowest BCUT2D eigenvalue weighted by atomic mass is 9.87. The zero-order valence-electron chi connectivity index (χ0n) is 9.12. The Balaban J connectivity index is 2.63. The molecule has 0 unspecified atom stereocenters. The first kappa shape index (κ1) is 12.0. The maximum atomic E-state index is 14.0. The van der Waals surface area contributed by atoms with E-state index in [0.717, 1.165) is 12.8 Å².